The van der Waals surface area contributed by atoms with Crippen molar-refractivity contribution in [1.29, 1.82) is 0 Å². The summed E-state index contributed by atoms with van der Waals surface area (Å²) in [5, 5.41) is 10.4. The van der Waals surface area contributed by atoms with Crippen LogP contribution < -0.4 is 10.2 Å². The molecule has 0 radical (unpaired) electrons. The van der Waals surface area contributed by atoms with Crippen LogP contribution in [0.4, 0.5) is 14.9 Å². The van der Waals surface area contributed by atoms with Crippen LogP contribution in [0.2, 0.25) is 0 Å². The van der Waals surface area contributed by atoms with Gasteiger partial charge in [0, 0.05) is 18.8 Å². The molecule has 4 rings (SSSR count). The molecule has 0 aliphatic carbocycles. The van der Waals surface area contributed by atoms with Crippen molar-refractivity contribution in [2.24, 2.45) is 0 Å². The summed E-state index contributed by atoms with van der Waals surface area (Å²) in [5.74, 6) is -0.478. The Hall–Kier alpha value is -3.82. The number of hydrogen-bond acceptors (Lipinski definition) is 7. The van der Waals surface area contributed by atoms with E-state index in [0.29, 0.717) is 18.0 Å². The summed E-state index contributed by atoms with van der Waals surface area (Å²) in [5.41, 5.74) is 1.21. The fourth-order valence-corrected chi connectivity index (χ4v) is 3.03. The summed E-state index contributed by atoms with van der Waals surface area (Å²) in [6.45, 7) is 1.77. The number of carbonyl (C=O) groups excluding carboxylic acids is 2. The molecule has 2 amide bonds. The number of halogens is 1. The molecule has 1 saturated heterocycles. The van der Waals surface area contributed by atoms with E-state index in [2.05, 4.69) is 20.5 Å². The minimum atomic E-state index is -0.612. The molecule has 1 fully saturated rings. The summed E-state index contributed by atoms with van der Waals surface area (Å²) in [4.78, 5) is 28.6. The van der Waals surface area contributed by atoms with Crippen LogP contribution in [0.5, 0.6) is 0 Å². The predicted molar refractivity (Wildman–Crippen MR) is 103 cm³/mol. The molecule has 154 valence electrons. The summed E-state index contributed by atoms with van der Waals surface area (Å²) in [7, 11) is 0. The van der Waals surface area contributed by atoms with E-state index in [0.717, 1.165) is 5.69 Å². The Balaban J connectivity index is 1.47. The second kappa shape index (κ2) is 8.27. The van der Waals surface area contributed by atoms with Crippen LogP contribution in [0.1, 0.15) is 18.5 Å². The van der Waals surface area contributed by atoms with E-state index in [1.54, 1.807) is 18.3 Å². The number of benzene rings is 1. The summed E-state index contributed by atoms with van der Waals surface area (Å²) in [6, 6.07) is 9.73. The van der Waals surface area contributed by atoms with Gasteiger partial charge in [-0.3, -0.25) is 14.7 Å². The Labute approximate surface area is 170 Å². The molecule has 0 bridgehead atoms. The van der Waals surface area contributed by atoms with Crippen molar-refractivity contribution >= 4 is 17.7 Å². The number of rotatable bonds is 6. The van der Waals surface area contributed by atoms with Gasteiger partial charge >= 0.3 is 6.09 Å². The lowest BCUT2D eigenvalue weighted by Crippen LogP contribution is -2.33. The van der Waals surface area contributed by atoms with Crippen molar-refractivity contribution in [2.75, 3.05) is 18.0 Å². The highest BCUT2D eigenvalue weighted by molar-refractivity contribution is 5.90. The monoisotopic (exact) mass is 411 g/mol. The molecular formula is C20H18FN5O4. The molecule has 1 aromatic carbocycles. The largest absolute Gasteiger partial charge is 0.442 e. The number of pyridine rings is 1. The Morgan fingerprint density at radius 2 is 2.17 bits per heavy atom. The minimum Gasteiger partial charge on any atom is -0.442 e. The van der Waals surface area contributed by atoms with Crippen LogP contribution >= 0.6 is 0 Å². The van der Waals surface area contributed by atoms with E-state index >= 15 is 0 Å². The first-order chi connectivity index (χ1) is 14.5. The van der Waals surface area contributed by atoms with Crippen molar-refractivity contribution in [3.05, 3.63) is 60.0 Å². The van der Waals surface area contributed by atoms with E-state index in [4.69, 9.17) is 9.15 Å². The van der Waals surface area contributed by atoms with Gasteiger partial charge in [0.15, 0.2) is 0 Å². The quantitative estimate of drug-likeness (QED) is 0.663. The summed E-state index contributed by atoms with van der Waals surface area (Å²) >= 11 is 0. The molecule has 1 aliphatic rings. The van der Waals surface area contributed by atoms with Gasteiger partial charge in [-0.1, -0.05) is 6.07 Å². The van der Waals surface area contributed by atoms with Gasteiger partial charge in [0.2, 0.25) is 11.8 Å². The second-order valence-electron chi connectivity index (χ2n) is 6.72. The van der Waals surface area contributed by atoms with Crippen LogP contribution in [0.3, 0.4) is 0 Å². The predicted octanol–water partition coefficient (Wildman–Crippen LogP) is 2.32. The molecular weight excluding hydrogens is 393 g/mol. The minimum absolute atomic E-state index is 0.0394. The number of nitrogens with zero attached hydrogens (tertiary/aromatic N) is 4. The lowest BCUT2D eigenvalue weighted by molar-refractivity contribution is -0.119. The van der Waals surface area contributed by atoms with Gasteiger partial charge in [-0.15, -0.1) is 10.2 Å². The molecule has 10 heteroatoms. The number of hydrogen-bond donors (Lipinski definition) is 1. The average Bonchev–Trinajstić information content (AvgIpc) is 3.33. The van der Waals surface area contributed by atoms with Gasteiger partial charge in [0.25, 0.3) is 5.89 Å². The van der Waals surface area contributed by atoms with E-state index < -0.39 is 18.0 Å². The topological polar surface area (TPSA) is 110 Å². The Morgan fingerprint density at radius 1 is 1.30 bits per heavy atom. The first-order valence-corrected chi connectivity index (χ1v) is 9.24. The maximum atomic E-state index is 14.7. The summed E-state index contributed by atoms with van der Waals surface area (Å²) in [6.07, 6.45) is 0.889. The van der Waals surface area contributed by atoms with Gasteiger partial charge in [-0.05, 0) is 30.3 Å². The highest BCUT2D eigenvalue weighted by atomic mass is 19.1. The van der Waals surface area contributed by atoms with Gasteiger partial charge in [0.05, 0.1) is 30.8 Å². The van der Waals surface area contributed by atoms with E-state index in [-0.39, 0.29) is 30.5 Å². The van der Waals surface area contributed by atoms with E-state index in [1.165, 1.54) is 24.0 Å². The van der Waals surface area contributed by atoms with Crippen LogP contribution in [0.15, 0.2) is 47.0 Å². The molecule has 3 aromatic rings. The van der Waals surface area contributed by atoms with Crippen molar-refractivity contribution in [3.8, 4) is 11.5 Å². The molecule has 30 heavy (non-hydrogen) atoms. The molecule has 1 atom stereocenters. The molecule has 0 spiro atoms. The molecule has 9 nitrogen and oxygen atoms in total. The number of ether oxygens (including phenoxy) is 1. The zero-order valence-corrected chi connectivity index (χ0v) is 16.0. The number of amides is 2. The zero-order chi connectivity index (χ0) is 21.1. The van der Waals surface area contributed by atoms with Crippen LogP contribution in [-0.4, -0.2) is 46.4 Å². The van der Waals surface area contributed by atoms with Crippen LogP contribution in [0.25, 0.3) is 11.5 Å². The number of nitrogens with one attached hydrogen (secondary N) is 1. The number of carbonyl (C=O) groups is 2. The molecule has 2 aromatic heterocycles. The van der Waals surface area contributed by atoms with Crippen molar-refractivity contribution in [1.82, 2.24) is 20.5 Å². The molecule has 1 aliphatic heterocycles. The molecule has 1 N–H and O–H groups in total. The standard InChI is InChI=1S/C20H18FN5O4/c1-12(27)23-10-15-11-26(20(28)29-15)14-5-6-16(17(21)9-14)19-25-24-18(30-19)8-13-4-2-3-7-22-13/h2-7,9,15H,8,10-11H2,1H3,(H,23,27). The molecule has 0 saturated carbocycles. The number of cyclic esters (lactones) is 1. The smallest absolute Gasteiger partial charge is 0.414 e. The van der Waals surface area contributed by atoms with Crippen molar-refractivity contribution in [3.63, 3.8) is 0 Å². The van der Waals surface area contributed by atoms with Gasteiger partial charge in [-0.2, -0.15) is 0 Å². The summed E-state index contributed by atoms with van der Waals surface area (Å²) < 4.78 is 25.5. The molecule has 1 unspecified atom stereocenters. The maximum Gasteiger partial charge on any atom is 0.414 e. The zero-order valence-electron chi connectivity index (χ0n) is 16.0. The lowest BCUT2D eigenvalue weighted by atomic mass is 10.1. The van der Waals surface area contributed by atoms with Crippen molar-refractivity contribution < 1.29 is 23.1 Å². The van der Waals surface area contributed by atoms with Gasteiger partial charge in [0.1, 0.15) is 11.9 Å². The van der Waals surface area contributed by atoms with Crippen molar-refractivity contribution in [2.45, 2.75) is 19.4 Å². The third-order valence-electron chi connectivity index (χ3n) is 4.47. The number of aromatic nitrogens is 3. The fourth-order valence-electron chi connectivity index (χ4n) is 3.03. The first kappa shape index (κ1) is 19.5. The Morgan fingerprint density at radius 3 is 2.90 bits per heavy atom. The average molecular weight is 411 g/mol. The third-order valence-corrected chi connectivity index (χ3v) is 4.47. The first-order valence-electron chi connectivity index (χ1n) is 9.24. The lowest BCUT2D eigenvalue weighted by Gasteiger charge is -2.13. The Kier molecular flexibility index (Phi) is 5.38. The van der Waals surface area contributed by atoms with E-state index in [9.17, 15) is 14.0 Å². The highest BCUT2D eigenvalue weighted by Crippen LogP contribution is 2.28. The molecule has 3 heterocycles. The van der Waals surface area contributed by atoms with E-state index in [1.807, 2.05) is 12.1 Å². The van der Waals surface area contributed by atoms with Gasteiger partial charge in [-0.25, -0.2) is 9.18 Å². The number of anilines is 1. The van der Waals surface area contributed by atoms with Gasteiger partial charge < -0.3 is 14.5 Å². The maximum absolute atomic E-state index is 14.7. The second-order valence-corrected chi connectivity index (χ2v) is 6.72. The van der Waals surface area contributed by atoms with Crippen LogP contribution in [-0.2, 0) is 16.0 Å². The van der Waals surface area contributed by atoms with Crippen LogP contribution in [0, 0.1) is 5.82 Å². The fraction of sp³-hybridized carbons (Fsp3) is 0.250. The highest BCUT2D eigenvalue weighted by Gasteiger charge is 2.33. The third kappa shape index (κ3) is 4.27. The SMILES string of the molecule is CC(=O)NCC1CN(c2ccc(-c3nnc(Cc4ccccn4)o3)c(F)c2)C(=O)O1. The Bertz CT molecular complexity index is 1070. The normalized spacial score (nSPS) is 15.9.